The minimum absolute atomic E-state index is 0.0247. The number of pyridine rings is 1. The molecule has 1 heterocycles. The van der Waals surface area contributed by atoms with Gasteiger partial charge in [-0.25, -0.2) is 0 Å². The molecule has 0 aliphatic rings. The van der Waals surface area contributed by atoms with Crippen molar-refractivity contribution in [2.24, 2.45) is 0 Å². The van der Waals surface area contributed by atoms with Crippen molar-refractivity contribution in [2.75, 3.05) is 25.4 Å². The first-order valence-corrected chi connectivity index (χ1v) is 5.93. The zero-order valence-corrected chi connectivity index (χ0v) is 10.5. The number of hydrogen-bond donors (Lipinski definition) is 2. The van der Waals surface area contributed by atoms with Crippen molar-refractivity contribution in [3.05, 3.63) is 28.7 Å². The minimum Gasteiger partial charge on any atom is -0.398 e. The number of aliphatic hydroxyl groups is 1. The smallest absolute Gasteiger partial charge is 0.251 e. The second-order valence-electron chi connectivity index (χ2n) is 3.98. The molecule has 0 fully saturated rings. The van der Waals surface area contributed by atoms with E-state index < -0.39 is 0 Å². The first kappa shape index (κ1) is 14.2. The quantitative estimate of drug-likeness (QED) is 0.726. The van der Waals surface area contributed by atoms with Gasteiger partial charge in [-0.3, -0.25) is 9.59 Å². The van der Waals surface area contributed by atoms with Gasteiger partial charge < -0.3 is 20.3 Å². The van der Waals surface area contributed by atoms with Crippen LogP contribution in [0.25, 0.3) is 0 Å². The van der Waals surface area contributed by atoms with Gasteiger partial charge in [0.15, 0.2) is 0 Å². The van der Waals surface area contributed by atoms with E-state index in [9.17, 15) is 9.59 Å². The normalized spacial score (nSPS) is 10.3. The summed E-state index contributed by atoms with van der Waals surface area (Å²) in [6, 6.07) is 2.85. The van der Waals surface area contributed by atoms with Crippen molar-refractivity contribution in [2.45, 2.75) is 19.9 Å². The molecule has 0 saturated carbocycles. The topological polar surface area (TPSA) is 88.6 Å². The molecule has 100 valence electrons. The van der Waals surface area contributed by atoms with E-state index in [4.69, 9.17) is 10.8 Å². The van der Waals surface area contributed by atoms with Crippen LogP contribution in [0.4, 0.5) is 5.69 Å². The van der Waals surface area contributed by atoms with Crippen molar-refractivity contribution in [3.8, 4) is 0 Å². The number of nitrogen functional groups attached to an aromatic ring is 1. The van der Waals surface area contributed by atoms with E-state index in [2.05, 4.69) is 0 Å². The fourth-order valence-electron chi connectivity index (χ4n) is 1.64. The highest BCUT2D eigenvalue weighted by atomic mass is 16.3. The fourth-order valence-corrected chi connectivity index (χ4v) is 1.64. The molecule has 0 aromatic carbocycles. The maximum Gasteiger partial charge on any atom is 0.251 e. The number of nitrogens with zero attached hydrogens (tertiary/aromatic N) is 2. The largest absolute Gasteiger partial charge is 0.398 e. The van der Waals surface area contributed by atoms with Gasteiger partial charge in [0.1, 0.15) is 6.54 Å². The van der Waals surface area contributed by atoms with Gasteiger partial charge in [0.05, 0.1) is 0 Å². The standard InChI is InChI=1S/C12H19N3O3/c1-2-14(6-3-7-16)12(18)9-15-8-10(13)4-5-11(15)17/h4-5,8,16H,2-3,6-7,9,13H2,1H3. The van der Waals surface area contributed by atoms with E-state index in [1.54, 1.807) is 4.90 Å². The molecular weight excluding hydrogens is 234 g/mol. The van der Waals surface area contributed by atoms with Gasteiger partial charge in [0.2, 0.25) is 5.91 Å². The number of aliphatic hydroxyl groups excluding tert-OH is 1. The summed E-state index contributed by atoms with van der Waals surface area (Å²) >= 11 is 0. The second-order valence-corrected chi connectivity index (χ2v) is 3.98. The molecule has 0 unspecified atom stereocenters. The zero-order valence-electron chi connectivity index (χ0n) is 10.5. The van der Waals surface area contributed by atoms with Crippen LogP contribution in [0.2, 0.25) is 0 Å². The van der Waals surface area contributed by atoms with Crippen LogP contribution >= 0.6 is 0 Å². The van der Waals surface area contributed by atoms with Crippen LogP contribution in [-0.4, -0.2) is 40.2 Å². The first-order chi connectivity index (χ1) is 8.58. The van der Waals surface area contributed by atoms with E-state index in [1.807, 2.05) is 6.92 Å². The van der Waals surface area contributed by atoms with Crippen molar-refractivity contribution >= 4 is 11.6 Å². The third-order valence-corrected chi connectivity index (χ3v) is 2.63. The predicted octanol–water partition coefficient (Wildman–Crippen LogP) is -0.339. The lowest BCUT2D eigenvalue weighted by Gasteiger charge is -2.20. The zero-order chi connectivity index (χ0) is 13.5. The van der Waals surface area contributed by atoms with Crippen molar-refractivity contribution in [1.82, 2.24) is 9.47 Å². The SMILES string of the molecule is CCN(CCCO)C(=O)Cn1cc(N)ccc1=O. The summed E-state index contributed by atoms with van der Waals surface area (Å²) in [6.07, 6.45) is 1.99. The molecule has 1 amide bonds. The molecule has 0 spiro atoms. The van der Waals surface area contributed by atoms with Crippen molar-refractivity contribution in [1.29, 1.82) is 0 Å². The second kappa shape index (κ2) is 6.80. The monoisotopic (exact) mass is 253 g/mol. The van der Waals surface area contributed by atoms with Crippen LogP contribution in [0, 0.1) is 0 Å². The Kier molecular flexibility index (Phi) is 5.38. The highest BCUT2D eigenvalue weighted by molar-refractivity contribution is 5.76. The number of nitrogens with two attached hydrogens (primary N) is 1. The van der Waals surface area contributed by atoms with Crippen LogP contribution in [0.5, 0.6) is 0 Å². The lowest BCUT2D eigenvalue weighted by atomic mass is 10.3. The molecule has 0 aliphatic heterocycles. The van der Waals surface area contributed by atoms with Crippen LogP contribution in [0.15, 0.2) is 23.1 Å². The molecular formula is C12H19N3O3. The van der Waals surface area contributed by atoms with Crippen LogP contribution in [0.1, 0.15) is 13.3 Å². The third-order valence-electron chi connectivity index (χ3n) is 2.63. The molecule has 1 aromatic rings. The highest BCUT2D eigenvalue weighted by Crippen LogP contribution is 1.99. The molecule has 0 radical (unpaired) electrons. The number of amides is 1. The fraction of sp³-hybridized carbons (Fsp3) is 0.500. The average molecular weight is 253 g/mol. The number of rotatable bonds is 6. The van der Waals surface area contributed by atoms with E-state index in [0.717, 1.165) is 0 Å². The summed E-state index contributed by atoms with van der Waals surface area (Å²) in [7, 11) is 0. The number of carbonyl (C=O) groups excluding carboxylic acids is 1. The van der Waals surface area contributed by atoms with E-state index >= 15 is 0 Å². The maximum atomic E-state index is 12.0. The maximum absolute atomic E-state index is 12.0. The van der Waals surface area contributed by atoms with Gasteiger partial charge in [-0.2, -0.15) is 0 Å². The summed E-state index contributed by atoms with van der Waals surface area (Å²) in [5, 5.41) is 8.75. The number of anilines is 1. The molecule has 0 bridgehead atoms. The molecule has 1 aromatic heterocycles. The Morgan fingerprint density at radius 2 is 2.22 bits per heavy atom. The summed E-state index contributed by atoms with van der Waals surface area (Å²) in [6.45, 7) is 2.92. The average Bonchev–Trinajstić information content (AvgIpc) is 2.35. The van der Waals surface area contributed by atoms with Gasteiger partial charge >= 0.3 is 0 Å². The molecule has 0 atom stereocenters. The summed E-state index contributed by atoms with van der Waals surface area (Å²) in [4.78, 5) is 25.1. The lowest BCUT2D eigenvalue weighted by Crippen LogP contribution is -2.37. The number of hydrogen-bond acceptors (Lipinski definition) is 4. The molecule has 3 N–H and O–H groups in total. The Bertz CT molecular complexity index is 456. The molecule has 6 heteroatoms. The van der Waals surface area contributed by atoms with Gasteiger partial charge in [-0.05, 0) is 19.4 Å². The van der Waals surface area contributed by atoms with Crippen molar-refractivity contribution < 1.29 is 9.90 Å². The third kappa shape index (κ3) is 3.89. The van der Waals surface area contributed by atoms with Crippen molar-refractivity contribution in [3.63, 3.8) is 0 Å². The van der Waals surface area contributed by atoms with Crippen LogP contribution < -0.4 is 11.3 Å². The van der Waals surface area contributed by atoms with Gasteiger partial charge in [-0.1, -0.05) is 0 Å². The summed E-state index contributed by atoms with van der Waals surface area (Å²) in [5.74, 6) is -0.154. The van der Waals surface area contributed by atoms with E-state index in [0.29, 0.717) is 25.2 Å². The number of likely N-dealkylation sites (N-methyl/N-ethyl adjacent to an activating group) is 1. The Morgan fingerprint density at radius 3 is 2.83 bits per heavy atom. The predicted molar refractivity (Wildman–Crippen MR) is 69.1 cm³/mol. The molecule has 0 aliphatic carbocycles. The Hall–Kier alpha value is -1.82. The van der Waals surface area contributed by atoms with Crippen LogP contribution in [-0.2, 0) is 11.3 Å². The molecule has 1 rings (SSSR count). The molecule has 0 saturated heterocycles. The Balaban J connectivity index is 2.73. The molecule has 6 nitrogen and oxygen atoms in total. The minimum atomic E-state index is -0.254. The van der Waals surface area contributed by atoms with Crippen LogP contribution in [0.3, 0.4) is 0 Å². The van der Waals surface area contributed by atoms with Gasteiger partial charge in [0, 0.05) is 37.6 Å². The summed E-state index contributed by atoms with van der Waals surface area (Å²) in [5.41, 5.74) is 5.77. The lowest BCUT2D eigenvalue weighted by molar-refractivity contribution is -0.131. The number of aromatic nitrogens is 1. The number of carbonyl (C=O) groups is 1. The van der Waals surface area contributed by atoms with Gasteiger partial charge in [-0.15, -0.1) is 0 Å². The Labute approximate surface area is 106 Å². The first-order valence-electron chi connectivity index (χ1n) is 5.93. The molecule has 18 heavy (non-hydrogen) atoms. The summed E-state index contributed by atoms with van der Waals surface area (Å²) < 4.78 is 1.29. The van der Waals surface area contributed by atoms with E-state index in [-0.39, 0.29) is 24.6 Å². The van der Waals surface area contributed by atoms with E-state index in [1.165, 1.54) is 22.9 Å². The highest BCUT2D eigenvalue weighted by Gasteiger charge is 2.12. The van der Waals surface area contributed by atoms with Gasteiger partial charge in [0.25, 0.3) is 5.56 Å². The Morgan fingerprint density at radius 1 is 1.50 bits per heavy atom.